The zero-order valence-electron chi connectivity index (χ0n) is 11.9. The molecule has 2 heteroatoms. The summed E-state index contributed by atoms with van der Waals surface area (Å²) >= 11 is 1.99. The van der Waals surface area contributed by atoms with Crippen LogP contribution in [-0.4, -0.2) is 0 Å². The molecule has 1 heterocycles. The summed E-state index contributed by atoms with van der Waals surface area (Å²) in [6, 6.07) is 2.69. The van der Waals surface area contributed by atoms with Crippen LogP contribution < -0.4 is 5.73 Å². The molecule has 1 aliphatic carbocycles. The van der Waals surface area contributed by atoms with Gasteiger partial charge in [0.25, 0.3) is 0 Å². The maximum Gasteiger partial charge on any atom is 0.0392 e. The first-order valence-electron chi connectivity index (χ1n) is 7.61. The maximum atomic E-state index is 6.41. The summed E-state index contributed by atoms with van der Waals surface area (Å²) in [5.41, 5.74) is 8.01. The van der Waals surface area contributed by atoms with Crippen molar-refractivity contribution in [3.8, 4) is 0 Å². The van der Waals surface area contributed by atoms with Crippen molar-refractivity contribution in [3.05, 3.63) is 21.4 Å². The molecule has 0 aromatic carbocycles. The second-order valence-electron chi connectivity index (χ2n) is 5.68. The molecule has 2 N–H and O–H groups in total. The number of nitrogens with two attached hydrogens (primary N) is 1. The fraction of sp³-hybridized carbons (Fsp3) is 0.750. The Kier molecular flexibility index (Phi) is 5.25. The standard InChI is InChI=1S/C16H27NS/c1-3-12(4-2)10-14(17)16-11-13-8-6-5-7-9-15(13)18-16/h11-12,14H,3-10,17H2,1-2H3. The Hall–Kier alpha value is -0.340. The number of hydrogen-bond acceptors (Lipinski definition) is 2. The monoisotopic (exact) mass is 265 g/mol. The molecule has 1 aromatic heterocycles. The number of hydrogen-bond donors (Lipinski definition) is 1. The molecule has 1 atom stereocenters. The van der Waals surface area contributed by atoms with Gasteiger partial charge in [0.1, 0.15) is 0 Å². The molecule has 0 saturated heterocycles. The number of thiophene rings is 1. The molecule has 0 saturated carbocycles. The molecule has 0 radical (unpaired) electrons. The van der Waals surface area contributed by atoms with Gasteiger partial charge in [-0.3, -0.25) is 0 Å². The smallest absolute Gasteiger partial charge is 0.0392 e. The molecule has 0 spiro atoms. The van der Waals surface area contributed by atoms with Crippen LogP contribution in [0.5, 0.6) is 0 Å². The molecule has 0 fully saturated rings. The van der Waals surface area contributed by atoms with Crippen molar-refractivity contribution in [2.45, 2.75) is 71.3 Å². The van der Waals surface area contributed by atoms with Crippen molar-refractivity contribution in [1.82, 2.24) is 0 Å². The lowest BCUT2D eigenvalue weighted by atomic mass is 9.94. The maximum absolute atomic E-state index is 6.41. The van der Waals surface area contributed by atoms with E-state index in [1.807, 2.05) is 11.3 Å². The lowest BCUT2D eigenvalue weighted by Crippen LogP contribution is -2.13. The Morgan fingerprint density at radius 2 is 1.89 bits per heavy atom. The average Bonchev–Trinajstić information content (AvgIpc) is 2.67. The van der Waals surface area contributed by atoms with Gasteiger partial charge in [-0.25, -0.2) is 0 Å². The zero-order valence-corrected chi connectivity index (χ0v) is 12.7. The van der Waals surface area contributed by atoms with E-state index < -0.39 is 0 Å². The largest absolute Gasteiger partial charge is 0.323 e. The first kappa shape index (κ1) is 14.1. The summed E-state index contributed by atoms with van der Waals surface area (Å²) in [5.74, 6) is 0.793. The summed E-state index contributed by atoms with van der Waals surface area (Å²) < 4.78 is 0. The lowest BCUT2D eigenvalue weighted by Gasteiger charge is -2.17. The van der Waals surface area contributed by atoms with E-state index in [0.717, 1.165) is 12.3 Å². The number of aryl methyl sites for hydroxylation is 2. The number of rotatable bonds is 5. The van der Waals surface area contributed by atoms with E-state index in [-0.39, 0.29) is 6.04 Å². The van der Waals surface area contributed by atoms with Gasteiger partial charge in [0, 0.05) is 15.8 Å². The summed E-state index contributed by atoms with van der Waals surface area (Å²) in [5, 5.41) is 0. The van der Waals surface area contributed by atoms with Crippen LogP contribution in [0.2, 0.25) is 0 Å². The fourth-order valence-electron chi connectivity index (χ4n) is 2.97. The molecule has 0 bridgehead atoms. The van der Waals surface area contributed by atoms with Crippen molar-refractivity contribution < 1.29 is 0 Å². The zero-order chi connectivity index (χ0) is 13.0. The molecule has 1 aromatic rings. The van der Waals surface area contributed by atoms with Gasteiger partial charge in [-0.15, -0.1) is 11.3 Å². The highest BCUT2D eigenvalue weighted by molar-refractivity contribution is 7.12. The van der Waals surface area contributed by atoms with Gasteiger partial charge in [-0.2, -0.15) is 0 Å². The van der Waals surface area contributed by atoms with E-state index in [4.69, 9.17) is 5.73 Å². The highest BCUT2D eigenvalue weighted by atomic mass is 32.1. The normalized spacial score (nSPS) is 17.6. The van der Waals surface area contributed by atoms with Crippen LogP contribution in [0.15, 0.2) is 6.07 Å². The van der Waals surface area contributed by atoms with Gasteiger partial charge in [0.2, 0.25) is 0 Å². The van der Waals surface area contributed by atoms with Gasteiger partial charge in [0.05, 0.1) is 0 Å². The lowest BCUT2D eigenvalue weighted by molar-refractivity contribution is 0.417. The highest BCUT2D eigenvalue weighted by Gasteiger charge is 2.18. The molecule has 102 valence electrons. The molecular formula is C16H27NS. The van der Waals surface area contributed by atoms with Gasteiger partial charge >= 0.3 is 0 Å². The van der Waals surface area contributed by atoms with Crippen LogP contribution in [0.1, 0.15) is 73.7 Å². The van der Waals surface area contributed by atoms with Crippen molar-refractivity contribution in [2.24, 2.45) is 11.7 Å². The van der Waals surface area contributed by atoms with Crippen molar-refractivity contribution in [3.63, 3.8) is 0 Å². The summed E-state index contributed by atoms with van der Waals surface area (Å²) in [6.07, 6.45) is 10.4. The van der Waals surface area contributed by atoms with E-state index in [9.17, 15) is 0 Å². The van der Waals surface area contributed by atoms with Crippen LogP contribution in [0, 0.1) is 5.92 Å². The van der Waals surface area contributed by atoms with Gasteiger partial charge < -0.3 is 5.73 Å². The first-order chi connectivity index (χ1) is 8.74. The average molecular weight is 265 g/mol. The SMILES string of the molecule is CCC(CC)CC(N)c1cc2c(s1)CCCCC2. The van der Waals surface area contributed by atoms with Gasteiger partial charge in [-0.1, -0.05) is 33.1 Å². The molecule has 2 rings (SSSR count). The van der Waals surface area contributed by atoms with E-state index in [1.165, 1.54) is 49.8 Å². The molecule has 18 heavy (non-hydrogen) atoms. The van der Waals surface area contributed by atoms with Gasteiger partial charge in [0.15, 0.2) is 0 Å². The topological polar surface area (TPSA) is 26.0 Å². The Balaban J connectivity index is 2.04. The second kappa shape index (κ2) is 6.72. The minimum absolute atomic E-state index is 0.270. The third-order valence-electron chi connectivity index (χ3n) is 4.37. The Morgan fingerprint density at radius 3 is 2.61 bits per heavy atom. The van der Waals surface area contributed by atoms with Crippen molar-refractivity contribution in [2.75, 3.05) is 0 Å². The molecule has 0 amide bonds. The third-order valence-corrected chi connectivity index (χ3v) is 5.74. The molecular weight excluding hydrogens is 238 g/mol. The molecule has 1 unspecified atom stereocenters. The van der Waals surface area contributed by atoms with Crippen LogP contribution in [-0.2, 0) is 12.8 Å². The summed E-state index contributed by atoms with van der Waals surface area (Å²) in [7, 11) is 0. The summed E-state index contributed by atoms with van der Waals surface area (Å²) in [6.45, 7) is 4.56. The molecule has 0 aliphatic heterocycles. The molecule has 1 aliphatic rings. The second-order valence-corrected chi connectivity index (χ2v) is 6.85. The quantitative estimate of drug-likeness (QED) is 0.757. The van der Waals surface area contributed by atoms with E-state index in [2.05, 4.69) is 19.9 Å². The first-order valence-corrected chi connectivity index (χ1v) is 8.43. The predicted octanol–water partition coefficient (Wildman–Crippen LogP) is 4.84. The van der Waals surface area contributed by atoms with Crippen LogP contribution >= 0.6 is 11.3 Å². The fourth-order valence-corrected chi connectivity index (χ4v) is 4.24. The predicted molar refractivity (Wildman–Crippen MR) is 81.2 cm³/mol. The minimum atomic E-state index is 0.270. The van der Waals surface area contributed by atoms with E-state index in [0.29, 0.717) is 0 Å². The van der Waals surface area contributed by atoms with Gasteiger partial charge in [-0.05, 0) is 49.7 Å². The van der Waals surface area contributed by atoms with Crippen molar-refractivity contribution in [1.29, 1.82) is 0 Å². The van der Waals surface area contributed by atoms with E-state index in [1.54, 1.807) is 10.4 Å². The van der Waals surface area contributed by atoms with Crippen LogP contribution in [0.25, 0.3) is 0 Å². The van der Waals surface area contributed by atoms with Crippen LogP contribution in [0.4, 0.5) is 0 Å². The number of fused-ring (bicyclic) bond motifs is 1. The minimum Gasteiger partial charge on any atom is -0.323 e. The Labute approximate surface area is 116 Å². The third kappa shape index (κ3) is 3.36. The van der Waals surface area contributed by atoms with Crippen LogP contribution in [0.3, 0.4) is 0 Å². The highest BCUT2D eigenvalue weighted by Crippen LogP contribution is 2.34. The van der Waals surface area contributed by atoms with Crippen molar-refractivity contribution >= 4 is 11.3 Å². The Bertz CT molecular complexity index is 342. The Morgan fingerprint density at radius 1 is 1.17 bits per heavy atom. The summed E-state index contributed by atoms with van der Waals surface area (Å²) in [4.78, 5) is 3.07. The van der Waals surface area contributed by atoms with E-state index >= 15 is 0 Å². The molecule has 1 nitrogen and oxygen atoms in total.